The van der Waals surface area contributed by atoms with Gasteiger partial charge >= 0.3 is 0 Å². The molecule has 0 aliphatic carbocycles. The Hall–Kier alpha value is -2.93. The van der Waals surface area contributed by atoms with Gasteiger partial charge in [-0.05, 0) is 24.3 Å². The van der Waals surface area contributed by atoms with Crippen LogP contribution in [0, 0.1) is 10.1 Å². The highest BCUT2D eigenvalue weighted by Crippen LogP contribution is 2.24. The van der Waals surface area contributed by atoms with E-state index in [-0.39, 0.29) is 27.2 Å². The summed E-state index contributed by atoms with van der Waals surface area (Å²) in [7, 11) is 0. The highest BCUT2D eigenvalue weighted by molar-refractivity contribution is 6.30. The fourth-order valence-electron chi connectivity index (χ4n) is 2.20. The molecule has 0 aliphatic rings. The van der Waals surface area contributed by atoms with Crippen LogP contribution in [0.25, 0.3) is 16.5 Å². The lowest BCUT2D eigenvalue weighted by atomic mass is 10.2. The summed E-state index contributed by atoms with van der Waals surface area (Å²) in [5, 5.41) is 14.1. The van der Waals surface area contributed by atoms with Crippen molar-refractivity contribution in [2.45, 2.75) is 0 Å². The van der Waals surface area contributed by atoms with Crippen molar-refractivity contribution in [2.75, 3.05) is 0 Å². The van der Waals surface area contributed by atoms with Crippen LogP contribution in [-0.2, 0) is 0 Å². The molecule has 3 rings (SSSR count). The topological polar surface area (TPSA) is 98.0 Å². The summed E-state index contributed by atoms with van der Waals surface area (Å²) < 4.78 is 0.842. The van der Waals surface area contributed by atoms with Crippen molar-refractivity contribution in [1.82, 2.24) is 9.78 Å². The normalized spacial score (nSPS) is 10.8. The van der Waals surface area contributed by atoms with E-state index in [1.54, 1.807) is 12.1 Å². The molecule has 0 saturated heterocycles. The van der Waals surface area contributed by atoms with Crippen LogP contribution in [-0.4, -0.2) is 14.7 Å². The molecule has 1 N–H and O–H groups in total. The summed E-state index contributed by atoms with van der Waals surface area (Å²) in [5.41, 5.74) is -1.52. The van der Waals surface area contributed by atoms with Gasteiger partial charge in [0, 0.05) is 11.1 Å². The van der Waals surface area contributed by atoms with Gasteiger partial charge in [-0.2, -0.15) is 0 Å². The molecule has 0 atom stereocenters. The number of nitrogens with one attached hydrogen (secondary N) is 1. The van der Waals surface area contributed by atoms with E-state index in [1.807, 2.05) is 0 Å². The Morgan fingerprint density at radius 2 is 1.77 bits per heavy atom. The molecule has 110 valence electrons. The van der Waals surface area contributed by atoms with Gasteiger partial charge in [0.05, 0.1) is 15.7 Å². The van der Waals surface area contributed by atoms with Crippen molar-refractivity contribution >= 4 is 28.1 Å². The van der Waals surface area contributed by atoms with Gasteiger partial charge < -0.3 is 0 Å². The molecule has 0 unspecified atom stereocenters. The molecule has 0 radical (unpaired) electrons. The summed E-state index contributed by atoms with van der Waals surface area (Å²) in [5.74, 6) is 0. The minimum Gasteiger partial charge on any atom is -0.267 e. The van der Waals surface area contributed by atoms with Crippen LogP contribution in [0.5, 0.6) is 0 Å². The van der Waals surface area contributed by atoms with Crippen molar-refractivity contribution in [3.63, 3.8) is 0 Å². The predicted octanol–water partition coefficient (Wildman–Crippen LogP) is 2.24. The summed E-state index contributed by atoms with van der Waals surface area (Å²) in [6.45, 7) is 0. The molecule has 0 saturated carbocycles. The fourth-order valence-corrected chi connectivity index (χ4v) is 2.37. The van der Waals surface area contributed by atoms with Crippen LogP contribution in [0.15, 0.2) is 52.1 Å². The molecule has 1 aromatic heterocycles. The molecule has 3 aromatic rings. The predicted molar refractivity (Wildman–Crippen MR) is 81.8 cm³/mol. The Morgan fingerprint density at radius 1 is 1.09 bits per heavy atom. The van der Waals surface area contributed by atoms with E-state index in [0.717, 1.165) is 4.68 Å². The maximum atomic E-state index is 12.5. The Bertz CT molecular complexity index is 1020. The number of H-pyrrole nitrogens is 1. The minimum absolute atomic E-state index is 0.0923. The molecule has 0 amide bonds. The third-order valence-corrected chi connectivity index (χ3v) is 3.43. The van der Waals surface area contributed by atoms with Gasteiger partial charge in [0.25, 0.3) is 16.8 Å². The van der Waals surface area contributed by atoms with Gasteiger partial charge in [-0.25, -0.2) is 4.68 Å². The van der Waals surface area contributed by atoms with Crippen LogP contribution >= 0.6 is 11.6 Å². The zero-order valence-electron chi connectivity index (χ0n) is 10.9. The zero-order chi connectivity index (χ0) is 15.9. The van der Waals surface area contributed by atoms with Crippen molar-refractivity contribution in [3.05, 3.63) is 78.3 Å². The first kappa shape index (κ1) is 14.0. The SMILES string of the molecule is O=c1[nH]n(-c2cc(Cl)ccc2[N+](=O)[O-])c(=O)c2ccccc12. The highest BCUT2D eigenvalue weighted by Gasteiger charge is 2.18. The van der Waals surface area contributed by atoms with Crippen LogP contribution in [0.4, 0.5) is 5.69 Å². The van der Waals surface area contributed by atoms with Gasteiger partial charge in [-0.1, -0.05) is 23.7 Å². The van der Waals surface area contributed by atoms with E-state index in [1.165, 1.54) is 30.3 Å². The molecule has 1 heterocycles. The number of rotatable bonds is 2. The van der Waals surface area contributed by atoms with E-state index in [0.29, 0.717) is 0 Å². The Balaban J connectivity index is 2.44. The number of fused-ring (bicyclic) bond motifs is 1. The molecule has 0 spiro atoms. The first-order valence-corrected chi connectivity index (χ1v) is 6.55. The lowest BCUT2D eigenvalue weighted by Crippen LogP contribution is -2.29. The van der Waals surface area contributed by atoms with Crippen LogP contribution in [0.2, 0.25) is 5.02 Å². The number of aromatic amines is 1. The number of hydrogen-bond donors (Lipinski definition) is 1. The largest absolute Gasteiger partial charge is 0.295 e. The molecular formula is C14H8ClN3O4. The van der Waals surface area contributed by atoms with E-state index in [4.69, 9.17) is 11.6 Å². The molecule has 0 fully saturated rings. The van der Waals surface area contributed by atoms with Gasteiger partial charge in [0.1, 0.15) is 5.69 Å². The minimum atomic E-state index is -0.647. The first-order chi connectivity index (χ1) is 10.5. The van der Waals surface area contributed by atoms with Crippen molar-refractivity contribution < 1.29 is 4.92 Å². The summed E-state index contributed by atoms with van der Waals surface area (Å²) in [6, 6.07) is 10.0. The first-order valence-electron chi connectivity index (χ1n) is 6.17. The second-order valence-electron chi connectivity index (χ2n) is 4.52. The number of halogens is 1. The van der Waals surface area contributed by atoms with Gasteiger partial charge in [0.2, 0.25) is 0 Å². The Morgan fingerprint density at radius 3 is 2.45 bits per heavy atom. The smallest absolute Gasteiger partial charge is 0.267 e. The standard InChI is InChI=1S/C14H8ClN3O4/c15-8-5-6-11(18(21)22)12(7-8)17-14(20)10-4-2-1-3-9(10)13(19)16-17/h1-7H,(H,16,19). The molecular weight excluding hydrogens is 310 g/mol. The third kappa shape index (κ3) is 2.17. The number of benzene rings is 2. The number of nitro groups is 1. The van der Waals surface area contributed by atoms with E-state index in [9.17, 15) is 19.7 Å². The average molecular weight is 318 g/mol. The molecule has 22 heavy (non-hydrogen) atoms. The number of hydrogen-bond acceptors (Lipinski definition) is 4. The van der Waals surface area contributed by atoms with E-state index < -0.39 is 16.0 Å². The number of nitrogens with zero attached hydrogens (tertiary/aromatic N) is 2. The molecule has 0 aliphatic heterocycles. The summed E-state index contributed by atoms with van der Waals surface area (Å²) in [4.78, 5) is 35.0. The van der Waals surface area contributed by atoms with Gasteiger partial charge in [-0.3, -0.25) is 24.8 Å². The van der Waals surface area contributed by atoms with Crippen molar-refractivity contribution in [3.8, 4) is 5.69 Å². The summed E-state index contributed by atoms with van der Waals surface area (Å²) in [6.07, 6.45) is 0. The van der Waals surface area contributed by atoms with E-state index in [2.05, 4.69) is 5.10 Å². The third-order valence-electron chi connectivity index (χ3n) is 3.19. The lowest BCUT2D eigenvalue weighted by molar-refractivity contribution is -0.384. The van der Waals surface area contributed by atoms with Crippen LogP contribution < -0.4 is 11.1 Å². The molecule has 2 aromatic carbocycles. The van der Waals surface area contributed by atoms with E-state index >= 15 is 0 Å². The maximum absolute atomic E-state index is 12.5. The summed E-state index contributed by atoms with van der Waals surface area (Å²) >= 11 is 5.85. The second-order valence-corrected chi connectivity index (χ2v) is 4.95. The highest BCUT2D eigenvalue weighted by atomic mass is 35.5. The quantitative estimate of drug-likeness (QED) is 0.579. The van der Waals surface area contributed by atoms with Gasteiger partial charge in [-0.15, -0.1) is 0 Å². The molecule has 7 nitrogen and oxygen atoms in total. The molecule has 0 bridgehead atoms. The maximum Gasteiger partial charge on any atom is 0.295 e. The fraction of sp³-hybridized carbons (Fsp3) is 0. The van der Waals surface area contributed by atoms with Crippen molar-refractivity contribution in [1.29, 1.82) is 0 Å². The van der Waals surface area contributed by atoms with Gasteiger partial charge in [0.15, 0.2) is 0 Å². The number of aromatic nitrogens is 2. The number of nitro benzene ring substituents is 1. The monoisotopic (exact) mass is 317 g/mol. The van der Waals surface area contributed by atoms with Crippen LogP contribution in [0.3, 0.4) is 0 Å². The molecule has 8 heteroatoms. The Labute approximate surface area is 127 Å². The lowest BCUT2D eigenvalue weighted by Gasteiger charge is -2.08. The van der Waals surface area contributed by atoms with Crippen LogP contribution in [0.1, 0.15) is 0 Å². The zero-order valence-corrected chi connectivity index (χ0v) is 11.7. The average Bonchev–Trinajstić information content (AvgIpc) is 2.50. The van der Waals surface area contributed by atoms with Crippen molar-refractivity contribution in [2.24, 2.45) is 0 Å². The Kier molecular flexibility index (Phi) is 3.26. The second kappa shape index (κ2) is 5.12.